The summed E-state index contributed by atoms with van der Waals surface area (Å²) in [6, 6.07) is 9.30. The van der Waals surface area contributed by atoms with Crippen LogP contribution in [0.2, 0.25) is 0 Å². The lowest BCUT2D eigenvalue weighted by Gasteiger charge is -2.24. The molecule has 0 bridgehead atoms. The maximum atomic E-state index is 12.5. The van der Waals surface area contributed by atoms with Crippen LogP contribution in [0.4, 0.5) is 4.79 Å². The van der Waals surface area contributed by atoms with E-state index in [1.165, 1.54) is 0 Å². The number of amides is 2. The Morgan fingerprint density at radius 1 is 1.26 bits per heavy atom. The van der Waals surface area contributed by atoms with Crippen molar-refractivity contribution in [3.63, 3.8) is 0 Å². The molecule has 7 nitrogen and oxygen atoms in total. The molecule has 0 radical (unpaired) electrons. The molecule has 2 heterocycles. The molecule has 1 aromatic carbocycles. The van der Waals surface area contributed by atoms with Crippen molar-refractivity contribution in [1.29, 1.82) is 0 Å². The minimum Gasteiger partial charge on any atom is -0.444 e. The molecule has 7 heteroatoms. The minimum atomic E-state index is -0.518. The fourth-order valence-electron chi connectivity index (χ4n) is 2.98. The molecule has 2 amide bonds. The first-order valence-electron chi connectivity index (χ1n) is 9.15. The Kier molecular flexibility index (Phi) is 5.48. The van der Waals surface area contributed by atoms with E-state index in [2.05, 4.69) is 10.4 Å². The number of likely N-dealkylation sites (tertiary alicyclic amines) is 1. The van der Waals surface area contributed by atoms with Gasteiger partial charge in [-0.05, 0) is 51.0 Å². The predicted octanol–water partition coefficient (Wildman–Crippen LogP) is 2.67. The Labute approximate surface area is 159 Å². The molecule has 1 aliphatic heterocycles. The summed E-state index contributed by atoms with van der Waals surface area (Å²) in [5, 5.41) is 7.18. The van der Waals surface area contributed by atoms with E-state index in [1.807, 2.05) is 62.0 Å². The molecule has 1 atom stereocenters. The second-order valence-corrected chi connectivity index (χ2v) is 7.79. The number of ether oxygens (including phenoxy) is 1. The lowest BCUT2D eigenvalue weighted by molar-refractivity contribution is 0.0290. The number of nitrogens with one attached hydrogen (secondary N) is 1. The topological polar surface area (TPSA) is 76.5 Å². The molecule has 1 fully saturated rings. The SMILES string of the molecule is CC(C)(C)OC(=O)N1CC[C@@H](NC(=O)c2ccc(Cn3cccn3)cc2)C1. The van der Waals surface area contributed by atoms with Gasteiger partial charge in [0.25, 0.3) is 5.91 Å². The second kappa shape index (κ2) is 7.82. The monoisotopic (exact) mass is 370 g/mol. The molecule has 1 N–H and O–H groups in total. The van der Waals surface area contributed by atoms with Crippen LogP contribution >= 0.6 is 0 Å². The number of hydrogen-bond donors (Lipinski definition) is 1. The van der Waals surface area contributed by atoms with Crippen LogP contribution in [0.3, 0.4) is 0 Å². The molecule has 0 aliphatic carbocycles. The van der Waals surface area contributed by atoms with E-state index < -0.39 is 5.60 Å². The van der Waals surface area contributed by atoms with Crippen molar-refractivity contribution in [2.45, 2.75) is 45.4 Å². The number of benzene rings is 1. The van der Waals surface area contributed by atoms with Gasteiger partial charge in [-0.25, -0.2) is 4.79 Å². The van der Waals surface area contributed by atoms with Gasteiger partial charge in [0.2, 0.25) is 0 Å². The third-order valence-electron chi connectivity index (χ3n) is 4.30. The molecule has 1 aromatic heterocycles. The van der Waals surface area contributed by atoms with Gasteiger partial charge in [-0.2, -0.15) is 5.10 Å². The Morgan fingerprint density at radius 3 is 2.63 bits per heavy atom. The van der Waals surface area contributed by atoms with Crippen molar-refractivity contribution in [3.8, 4) is 0 Å². The molecule has 1 saturated heterocycles. The van der Waals surface area contributed by atoms with E-state index in [1.54, 1.807) is 11.1 Å². The van der Waals surface area contributed by atoms with Gasteiger partial charge in [0.15, 0.2) is 0 Å². The third-order valence-corrected chi connectivity index (χ3v) is 4.30. The summed E-state index contributed by atoms with van der Waals surface area (Å²) >= 11 is 0. The summed E-state index contributed by atoms with van der Waals surface area (Å²) in [5.74, 6) is -0.128. The van der Waals surface area contributed by atoms with Crippen LogP contribution in [0.25, 0.3) is 0 Å². The maximum absolute atomic E-state index is 12.5. The summed E-state index contributed by atoms with van der Waals surface area (Å²) in [4.78, 5) is 26.2. The smallest absolute Gasteiger partial charge is 0.410 e. The van der Waals surface area contributed by atoms with Crippen molar-refractivity contribution >= 4 is 12.0 Å². The molecular formula is C20H26N4O3. The number of carbonyl (C=O) groups is 2. The van der Waals surface area contributed by atoms with E-state index in [-0.39, 0.29) is 18.0 Å². The number of aromatic nitrogens is 2. The molecule has 0 saturated carbocycles. The number of rotatable bonds is 4. The highest BCUT2D eigenvalue weighted by molar-refractivity contribution is 5.94. The van der Waals surface area contributed by atoms with Crippen LogP contribution in [0.5, 0.6) is 0 Å². The van der Waals surface area contributed by atoms with Crippen molar-refractivity contribution in [3.05, 3.63) is 53.9 Å². The van der Waals surface area contributed by atoms with Crippen LogP contribution < -0.4 is 5.32 Å². The second-order valence-electron chi connectivity index (χ2n) is 7.79. The fourth-order valence-corrected chi connectivity index (χ4v) is 2.98. The standard InChI is InChI=1S/C20H26N4O3/c1-20(2,3)27-19(26)23-12-9-17(14-23)22-18(25)16-7-5-15(6-8-16)13-24-11-4-10-21-24/h4-8,10-11,17H,9,12-14H2,1-3H3,(H,22,25)/t17-/m1/s1. The van der Waals surface area contributed by atoms with E-state index in [0.29, 0.717) is 25.2 Å². The minimum absolute atomic E-state index is 0.0613. The van der Waals surface area contributed by atoms with Crippen LogP contribution in [0, 0.1) is 0 Å². The van der Waals surface area contributed by atoms with Gasteiger partial charge < -0.3 is 15.0 Å². The summed E-state index contributed by atoms with van der Waals surface area (Å²) in [7, 11) is 0. The number of carbonyl (C=O) groups excluding carboxylic acids is 2. The number of nitrogens with zero attached hydrogens (tertiary/aromatic N) is 3. The Hall–Kier alpha value is -2.83. The van der Waals surface area contributed by atoms with Gasteiger partial charge in [0, 0.05) is 37.1 Å². The lowest BCUT2D eigenvalue weighted by atomic mass is 10.1. The van der Waals surface area contributed by atoms with Crippen LogP contribution in [-0.2, 0) is 11.3 Å². The van der Waals surface area contributed by atoms with Gasteiger partial charge in [-0.15, -0.1) is 0 Å². The highest BCUT2D eigenvalue weighted by atomic mass is 16.6. The molecule has 144 valence electrons. The first kappa shape index (κ1) is 18.9. The average Bonchev–Trinajstić information content (AvgIpc) is 3.26. The van der Waals surface area contributed by atoms with Crippen molar-refractivity contribution < 1.29 is 14.3 Å². The summed E-state index contributed by atoms with van der Waals surface area (Å²) in [6.45, 7) is 7.26. The number of hydrogen-bond acceptors (Lipinski definition) is 4. The van der Waals surface area contributed by atoms with E-state index in [0.717, 1.165) is 12.0 Å². The zero-order valence-electron chi connectivity index (χ0n) is 16.0. The zero-order valence-corrected chi connectivity index (χ0v) is 16.0. The van der Waals surface area contributed by atoms with Crippen molar-refractivity contribution in [2.75, 3.05) is 13.1 Å². The molecule has 0 unspecified atom stereocenters. The molecule has 27 heavy (non-hydrogen) atoms. The Balaban J connectivity index is 1.51. The van der Waals surface area contributed by atoms with Gasteiger partial charge in [-0.1, -0.05) is 12.1 Å². The normalized spacial score (nSPS) is 17.0. The van der Waals surface area contributed by atoms with E-state index in [4.69, 9.17) is 4.74 Å². The maximum Gasteiger partial charge on any atom is 0.410 e. The largest absolute Gasteiger partial charge is 0.444 e. The predicted molar refractivity (Wildman–Crippen MR) is 101 cm³/mol. The first-order valence-corrected chi connectivity index (χ1v) is 9.15. The van der Waals surface area contributed by atoms with Crippen molar-refractivity contribution in [1.82, 2.24) is 20.0 Å². The summed E-state index contributed by atoms with van der Waals surface area (Å²) in [5.41, 5.74) is 1.17. The third kappa shape index (κ3) is 5.32. The summed E-state index contributed by atoms with van der Waals surface area (Å²) in [6.07, 6.45) is 4.03. The highest BCUT2D eigenvalue weighted by Gasteiger charge is 2.30. The van der Waals surface area contributed by atoms with Gasteiger partial charge in [0.05, 0.1) is 6.54 Å². The molecule has 3 rings (SSSR count). The molecule has 1 aliphatic rings. The van der Waals surface area contributed by atoms with Gasteiger partial charge in [-0.3, -0.25) is 9.48 Å². The molecule has 2 aromatic rings. The van der Waals surface area contributed by atoms with E-state index >= 15 is 0 Å². The molecule has 0 spiro atoms. The Morgan fingerprint density at radius 2 is 2.00 bits per heavy atom. The first-order chi connectivity index (χ1) is 12.8. The van der Waals surface area contributed by atoms with E-state index in [9.17, 15) is 9.59 Å². The highest BCUT2D eigenvalue weighted by Crippen LogP contribution is 2.16. The van der Waals surface area contributed by atoms with Gasteiger partial charge in [0.1, 0.15) is 5.60 Å². The summed E-state index contributed by atoms with van der Waals surface area (Å²) < 4.78 is 7.22. The van der Waals surface area contributed by atoms with Crippen LogP contribution in [0.15, 0.2) is 42.7 Å². The van der Waals surface area contributed by atoms with Crippen LogP contribution in [0.1, 0.15) is 43.1 Å². The fraction of sp³-hybridized carbons (Fsp3) is 0.450. The van der Waals surface area contributed by atoms with Gasteiger partial charge >= 0.3 is 6.09 Å². The lowest BCUT2D eigenvalue weighted by Crippen LogP contribution is -2.40. The molecular weight excluding hydrogens is 344 g/mol. The zero-order chi connectivity index (χ0) is 19.4. The Bertz CT molecular complexity index is 779. The quantitative estimate of drug-likeness (QED) is 0.898. The van der Waals surface area contributed by atoms with Crippen LogP contribution in [-0.4, -0.2) is 51.4 Å². The average molecular weight is 370 g/mol. The van der Waals surface area contributed by atoms with Crippen molar-refractivity contribution in [2.24, 2.45) is 0 Å².